The van der Waals surface area contributed by atoms with E-state index in [0.717, 1.165) is 13.8 Å². The molecule has 0 atom stereocenters. The number of hydrogen-bond donors (Lipinski definition) is 1. The molecule has 0 heterocycles. The molecule has 0 saturated carbocycles. The van der Waals surface area contributed by atoms with Crippen molar-refractivity contribution < 1.29 is 83.3 Å². The number of rotatable bonds is 13. The van der Waals surface area contributed by atoms with Gasteiger partial charge in [0.05, 0.1) is 27.4 Å². The van der Waals surface area contributed by atoms with Crippen LogP contribution in [0.2, 0.25) is 0 Å². The zero-order valence-corrected chi connectivity index (χ0v) is 19.8. The van der Waals surface area contributed by atoms with Crippen LogP contribution in [-0.2, 0) is 24.7 Å². The van der Waals surface area contributed by atoms with Gasteiger partial charge in [-0.15, -0.1) is 0 Å². The van der Waals surface area contributed by atoms with E-state index >= 15 is 0 Å². The lowest BCUT2D eigenvalue weighted by Crippen LogP contribution is -2.70. The summed E-state index contributed by atoms with van der Waals surface area (Å²) in [6, 6.07) is 0. The predicted octanol–water partition coefficient (Wildman–Crippen LogP) is 3.36. The summed E-state index contributed by atoms with van der Waals surface area (Å²) in [6.07, 6.45) is -11.8. The molecule has 0 aliphatic rings. The van der Waals surface area contributed by atoms with Crippen molar-refractivity contribution >= 4 is 25.9 Å². The van der Waals surface area contributed by atoms with Crippen molar-refractivity contribution in [2.75, 3.05) is 17.3 Å². The third kappa shape index (κ3) is 7.96. The minimum Gasteiger partial charge on any atom is -0.748 e. The summed E-state index contributed by atoms with van der Waals surface area (Å²) in [5, 5.41) is 1.85. The molecule has 0 radical (unpaired) electrons. The highest BCUT2D eigenvalue weighted by atomic mass is 32.2. The predicted molar refractivity (Wildman–Crippen MR) is 95.5 cm³/mol. The lowest BCUT2D eigenvalue weighted by atomic mass is 9.93. The van der Waals surface area contributed by atoms with Crippen molar-refractivity contribution in [2.24, 2.45) is 0 Å². The second kappa shape index (κ2) is 10.2. The Morgan fingerprint density at radius 1 is 0.703 bits per heavy atom. The number of sulfone groups is 1. The molecule has 0 spiro atoms. The van der Waals surface area contributed by atoms with Crippen LogP contribution in [0.4, 0.5) is 57.1 Å². The number of carbonyl (C=O) groups excluding carboxylic acids is 1. The summed E-state index contributed by atoms with van der Waals surface area (Å²) < 4.78 is 225. The highest BCUT2D eigenvalue weighted by molar-refractivity contribution is 7.91. The van der Waals surface area contributed by atoms with Crippen LogP contribution in [0.3, 0.4) is 0 Å². The zero-order valence-electron chi connectivity index (χ0n) is 18.2. The van der Waals surface area contributed by atoms with Gasteiger partial charge in [0.15, 0.2) is 9.84 Å². The molecule has 0 saturated heterocycles. The lowest BCUT2D eigenvalue weighted by molar-refractivity contribution is -0.439. The summed E-state index contributed by atoms with van der Waals surface area (Å²) in [5.41, 5.74) is -1.79. The average Bonchev–Trinajstić information content (AvgIpc) is 2.61. The second-order valence-corrected chi connectivity index (χ2v) is 12.0. The van der Waals surface area contributed by atoms with Crippen LogP contribution in [0.15, 0.2) is 0 Å². The number of nitrogens with one attached hydrogen (secondary N) is 1. The van der Waals surface area contributed by atoms with Crippen molar-refractivity contribution in [3.05, 3.63) is 0 Å². The van der Waals surface area contributed by atoms with Gasteiger partial charge in [-0.25, -0.2) is 16.8 Å². The molecular weight excluding hydrogens is 601 g/mol. The highest BCUT2D eigenvalue weighted by Gasteiger charge is 2.90. The molecule has 0 aromatic heterocycles. The fraction of sp³-hybridized carbons (Fsp3) is 0.933. The zero-order chi connectivity index (χ0) is 30.3. The summed E-state index contributed by atoms with van der Waals surface area (Å²) in [4.78, 5) is 11.7. The molecule has 0 aliphatic heterocycles. The molecule has 0 aromatic carbocycles. The minimum absolute atomic E-state index is 0.982. The van der Waals surface area contributed by atoms with Gasteiger partial charge in [-0.2, -0.15) is 57.1 Å². The summed E-state index contributed by atoms with van der Waals surface area (Å²) in [7, 11) is -10.0. The van der Waals surface area contributed by atoms with Gasteiger partial charge in [0, 0.05) is 18.4 Å². The summed E-state index contributed by atoms with van der Waals surface area (Å²) in [5.74, 6) is -44.6. The van der Waals surface area contributed by atoms with Crippen molar-refractivity contribution in [3.8, 4) is 0 Å². The Morgan fingerprint density at radius 2 is 1.11 bits per heavy atom. The van der Waals surface area contributed by atoms with Crippen LogP contribution in [0.1, 0.15) is 26.7 Å². The quantitative estimate of drug-likeness (QED) is 0.250. The Hall–Kier alpha value is -1.58. The summed E-state index contributed by atoms with van der Waals surface area (Å²) in [6.45, 7) is 1.96. The molecule has 0 aliphatic carbocycles. The van der Waals surface area contributed by atoms with E-state index in [9.17, 15) is 83.3 Å². The second-order valence-electron chi connectivity index (χ2n) is 8.29. The van der Waals surface area contributed by atoms with Crippen LogP contribution < -0.4 is 5.32 Å². The van der Waals surface area contributed by atoms with Gasteiger partial charge in [0.1, 0.15) is 0 Å². The molecule has 222 valence electrons. The lowest BCUT2D eigenvalue weighted by Gasteiger charge is -2.39. The molecule has 22 heteroatoms. The molecule has 0 rings (SSSR count). The molecule has 1 N–H and O–H groups in total. The van der Waals surface area contributed by atoms with E-state index in [1.807, 2.05) is 5.32 Å². The number of halogens is 13. The molecule has 37 heavy (non-hydrogen) atoms. The Morgan fingerprint density at radius 3 is 1.49 bits per heavy atom. The van der Waals surface area contributed by atoms with Crippen molar-refractivity contribution in [1.82, 2.24) is 5.32 Å². The maximum absolute atomic E-state index is 13.7. The standard InChI is InChI=1S/C15H18F13NO6S2/c1-9(2,7-37(33,34)35)29-8(30)3-5-36(31,32)6-4-10(16,17)11(18,19)12(20,21)13(22,23)14(24,25)15(26,27)28/h3-7H2,1-2H3,(H,29,30)(H,33,34,35)/p-1. The van der Waals surface area contributed by atoms with E-state index in [2.05, 4.69) is 0 Å². The molecule has 0 bridgehead atoms. The van der Waals surface area contributed by atoms with E-state index in [1.54, 1.807) is 0 Å². The average molecular weight is 618 g/mol. The summed E-state index contributed by atoms with van der Waals surface area (Å²) >= 11 is 0. The van der Waals surface area contributed by atoms with Crippen LogP contribution in [0.25, 0.3) is 0 Å². The van der Waals surface area contributed by atoms with Crippen molar-refractivity contribution in [2.45, 2.75) is 68.0 Å². The van der Waals surface area contributed by atoms with E-state index < -0.39 is 97.3 Å². The molecule has 0 aromatic rings. The van der Waals surface area contributed by atoms with Crippen LogP contribution >= 0.6 is 0 Å². The number of hydrogen-bond acceptors (Lipinski definition) is 6. The van der Waals surface area contributed by atoms with Gasteiger partial charge < -0.3 is 9.87 Å². The fourth-order valence-corrected chi connectivity index (χ4v) is 4.73. The molecule has 0 unspecified atom stereocenters. The van der Waals surface area contributed by atoms with Gasteiger partial charge in [0.2, 0.25) is 5.91 Å². The Balaban J connectivity index is 5.61. The molecule has 1 amide bonds. The SMILES string of the molecule is CC(C)(CS(=O)(=O)[O-])NC(=O)CCS(=O)(=O)CCC(F)(F)C(F)(F)C(F)(F)C(F)(F)C(F)(F)C(F)(F)F. The molecular formula is C15H17F13NO6S2-. The first-order valence-corrected chi connectivity index (χ1v) is 12.6. The maximum atomic E-state index is 13.7. The van der Waals surface area contributed by atoms with Gasteiger partial charge in [-0.1, -0.05) is 0 Å². The third-order valence-corrected chi connectivity index (χ3v) is 7.11. The van der Waals surface area contributed by atoms with Crippen LogP contribution in [-0.4, -0.2) is 85.9 Å². The van der Waals surface area contributed by atoms with E-state index in [4.69, 9.17) is 0 Å². The Bertz CT molecular complexity index is 1050. The third-order valence-electron chi connectivity index (χ3n) is 4.38. The number of carbonyl (C=O) groups is 1. The number of amides is 1. The van der Waals surface area contributed by atoms with Crippen LogP contribution in [0.5, 0.6) is 0 Å². The first-order chi connectivity index (χ1) is 15.8. The van der Waals surface area contributed by atoms with Gasteiger partial charge >= 0.3 is 35.8 Å². The normalized spacial score (nSPS) is 15.6. The minimum atomic E-state index is -8.12. The van der Waals surface area contributed by atoms with E-state index in [0.29, 0.717) is 0 Å². The van der Waals surface area contributed by atoms with Gasteiger partial charge in [-0.3, -0.25) is 4.79 Å². The highest BCUT2D eigenvalue weighted by Crippen LogP contribution is 2.60. The van der Waals surface area contributed by atoms with Crippen molar-refractivity contribution in [3.63, 3.8) is 0 Å². The molecule has 0 fully saturated rings. The number of alkyl halides is 13. The Labute approximate surface area is 200 Å². The van der Waals surface area contributed by atoms with Crippen molar-refractivity contribution in [1.29, 1.82) is 0 Å². The fourth-order valence-electron chi connectivity index (χ4n) is 2.51. The topological polar surface area (TPSA) is 120 Å². The van der Waals surface area contributed by atoms with Gasteiger partial charge in [-0.05, 0) is 13.8 Å². The largest absolute Gasteiger partial charge is 0.748 e. The maximum Gasteiger partial charge on any atom is 0.460 e. The van der Waals surface area contributed by atoms with E-state index in [1.165, 1.54) is 0 Å². The first kappa shape index (κ1) is 35.4. The Kier molecular flexibility index (Phi) is 9.76. The smallest absolute Gasteiger partial charge is 0.460 e. The molecule has 7 nitrogen and oxygen atoms in total. The van der Waals surface area contributed by atoms with Gasteiger partial charge in [0.25, 0.3) is 0 Å². The van der Waals surface area contributed by atoms with E-state index in [-0.39, 0.29) is 0 Å². The van der Waals surface area contributed by atoms with Crippen LogP contribution in [0, 0.1) is 0 Å². The monoisotopic (exact) mass is 618 g/mol. The first-order valence-electron chi connectivity index (χ1n) is 9.17.